The highest BCUT2D eigenvalue weighted by molar-refractivity contribution is 5.81. The molecule has 0 spiro atoms. The number of carbonyl (C=O) groups is 1. The maximum absolute atomic E-state index is 10.8. The minimum absolute atomic E-state index is 0.289. The number of fused-ring (bicyclic) bond motifs is 1. The van der Waals surface area contributed by atoms with E-state index in [4.69, 9.17) is 4.74 Å². The average molecular weight is 215 g/mol. The summed E-state index contributed by atoms with van der Waals surface area (Å²) in [6.45, 7) is 3.22. The number of esters is 1. The topological polar surface area (TPSA) is 39.2 Å². The molecule has 0 radical (unpaired) electrons. The molecule has 3 heteroatoms. The molecule has 2 rings (SSSR count). The van der Waals surface area contributed by atoms with Crippen LogP contribution in [-0.2, 0) is 9.53 Å². The highest BCUT2D eigenvalue weighted by atomic mass is 16.5. The van der Waals surface area contributed by atoms with Crippen molar-refractivity contribution in [2.75, 3.05) is 0 Å². The fourth-order valence-corrected chi connectivity index (χ4v) is 1.63. The quantitative estimate of drug-likeness (QED) is 0.723. The van der Waals surface area contributed by atoms with E-state index in [1.807, 2.05) is 37.3 Å². The zero-order valence-electron chi connectivity index (χ0n) is 9.31. The maximum Gasteiger partial charge on any atom is 0.303 e. The molecule has 3 nitrogen and oxygen atoms in total. The molecule has 0 unspecified atom stereocenters. The normalized spacial score (nSPS) is 12.4. The molecule has 82 valence electrons. The Morgan fingerprint density at radius 1 is 1.31 bits per heavy atom. The van der Waals surface area contributed by atoms with Crippen LogP contribution in [-0.4, -0.2) is 11.0 Å². The molecular formula is C13H13NO2. The van der Waals surface area contributed by atoms with Gasteiger partial charge in [-0.1, -0.05) is 24.3 Å². The Kier molecular flexibility index (Phi) is 2.86. The van der Waals surface area contributed by atoms with E-state index in [-0.39, 0.29) is 12.1 Å². The lowest BCUT2D eigenvalue weighted by Crippen LogP contribution is -2.06. The molecule has 0 amide bonds. The molecule has 1 atom stereocenters. The molecule has 0 bridgehead atoms. The predicted octanol–water partition coefficient (Wildman–Crippen LogP) is 2.86. The minimum atomic E-state index is -0.304. The largest absolute Gasteiger partial charge is 0.456 e. The van der Waals surface area contributed by atoms with Gasteiger partial charge in [0, 0.05) is 18.5 Å². The molecule has 0 aliphatic rings. The Labute approximate surface area is 94.1 Å². The third kappa shape index (κ3) is 2.19. The van der Waals surface area contributed by atoms with Crippen molar-refractivity contribution in [2.24, 2.45) is 0 Å². The van der Waals surface area contributed by atoms with Gasteiger partial charge in [0.15, 0.2) is 0 Å². The van der Waals surface area contributed by atoms with Gasteiger partial charge in [-0.2, -0.15) is 0 Å². The Morgan fingerprint density at radius 3 is 2.69 bits per heavy atom. The van der Waals surface area contributed by atoms with E-state index in [1.165, 1.54) is 6.92 Å². The SMILES string of the molecule is CC(=O)O[C@H](C)c1cc2ccccc2cn1. The summed E-state index contributed by atoms with van der Waals surface area (Å²) in [5.41, 5.74) is 0.772. The van der Waals surface area contributed by atoms with Gasteiger partial charge in [-0.15, -0.1) is 0 Å². The summed E-state index contributed by atoms with van der Waals surface area (Å²) in [5, 5.41) is 2.19. The van der Waals surface area contributed by atoms with Gasteiger partial charge in [-0.3, -0.25) is 9.78 Å². The fraction of sp³-hybridized carbons (Fsp3) is 0.231. The van der Waals surface area contributed by atoms with E-state index in [1.54, 1.807) is 6.20 Å². The van der Waals surface area contributed by atoms with Crippen LogP contribution >= 0.6 is 0 Å². The maximum atomic E-state index is 10.8. The van der Waals surface area contributed by atoms with Gasteiger partial charge >= 0.3 is 5.97 Å². The number of nitrogens with zero attached hydrogens (tertiary/aromatic N) is 1. The van der Waals surface area contributed by atoms with Crippen LogP contribution in [0.2, 0.25) is 0 Å². The van der Waals surface area contributed by atoms with E-state index in [2.05, 4.69) is 4.98 Å². The standard InChI is InChI=1S/C13H13NO2/c1-9(16-10(2)15)13-7-11-5-3-4-6-12(11)8-14-13/h3-9H,1-2H3/t9-/m1/s1. The van der Waals surface area contributed by atoms with Gasteiger partial charge in [-0.25, -0.2) is 0 Å². The molecule has 1 heterocycles. The van der Waals surface area contributed by atoms with Crippen molar-refractivity contribution in [1.82, 2.24) is 4.98 Å². The number of hydrogen-bond acceptors (Lipinski definition) is 3. The number of rotatable bonds is 2. The van der Waals surface area contributed by atoms with Crippen LogP contribution in [0, 0.1) is 0 Å². The summed E-state index contributed by atoms with van der Waals surface area (Å²) in [5.74, 6) is -0.289. The van der Waals surface area contributed by atoms with Gasteiger partial charge in [0.25, 0.3) is 0 Å². The second kappa shape index (κ2) is 4.31. The molecular weight excluding hydrogens is 202 g/mol. The van der Waals surface area contributed by atoms with Crippen LogP contribution in [0.1, 0.15) is 25.6 Å². The van der Waals surface area contributed by atoms with Crippen LogP contribution in [0.5, 0.6) is 0 Å². The summed E-state index contributed by atoms with van der Waals surface area (Å²) in [7, 11) is 0. The van der Waals surface area contributed by atoms with Crippen molar-refractivity contribution in [1.29, 1.82) is 0 Å². The number of carbonyl (C=O) groups excluding carboxylic acids is 1. The smallest absolute Gasteiger partial charge is 0.303 e. The Bertz CT molecular complexity index is 522. The van der Waals surface area contributed by atoms with E-state index < -0.39 is 0 Å². The lowest BCUT2D eigenvalue weighted by Gasteiger charge is -2.11. The lowest BCUT2D eigenvalue weighted by molar-refractivity contribution is -0.145. The number of pyridine rings is 1. The molecule has 16 heavy (non-hydrogen) atoms. The average Bonchev–Trinajstić information content (AvgIpc) is 2.27. The molecule has 2 aromatic rings. The van der Waals surface area contributed by atoms with E-state index in [9.17, 15) is 4.79 Å². The van der Waals surface area contributed by atoms with E-state index in [0.29, 0.717) is 0 Å². The molecule has 1 aromatic carbocycles. The Morgan fingerprint density at radius 2 is 2.00 bits per heavy atom. The van der Waals surface area contributed by atoms with Gasteiger partial charge in [-0.05, 0) is 18.4 Å². The van der Waals surface area contributed by atoms with Crippen molar-refractivity contribution < 1.29 is 9.53 Å². The summed E-state index contributed by atoms with van der Waals surface area (Å²) < 4.78 is 5.08. The summed E-state index contributed by atoms with van der Waals surface area (Å²) in [4.78, 5) is 15.1. The zero-order valence-corrected chi connectivity index (χ0v) is 9.31. The molecule has 0 aliphatic carbocycles. The van der Waals surface area contributed by atoms with Crippen LogP contribution in [0.3, 0.4) is 0 Å². The summed E-state index contributed by atoms with van der Waals surface area (Å²) >= 11 is 0. The second-order valence-corrected chi connectivity index (χ2v) is 3.71. The van der Waals surface area contributed by atoms with Crippen molar-refractivity contribution in [3.63, 3.8) is 0 Å². The molecule has 1 aromatic heterocycles. The van der Waals surface area contributed by atoms with Crippen LogP contribution in [0.4, 0.5) is 0 Å². The molecule has 0 aliphatic heterocycles. The van der Waals surface area contributed by atoms with Gasteiger partial charge in [0.2, 0.25) is 0 Å². The minimum Gasteiger partial charge on any atom is -0.456 e. The van der Waals surface area contributed by atoms with Gasteiger partial charge in [0.05, 0.1) is 5.69 Å². The summed E-state index contributed by atoms with van der Waals surface area (Å²) in [6, 6.07) is 9.91. The molecule has 0 saturated heterocycles. The van der Waals surface area contributed by atoms with Gasteiger partial charge < -0.3 is 4.74 Å². The Balaban J connectivity index is 2.35. The first-order valence-electron chi connectivity index (χ1n) is 5.19. The number of hydrogen-bond donors (Lipinski definition) is 0. The first-order chi connectivity index (χ1) is 7.66. The van der Waals surface area contributed by atoms with Crippen molar-refractivity contribution in [3.8, 4) is 0 Å². The first-order valence-corrected chi connectivity index (χ1v) is 5.19. The van der Waals surface area contributed by atoms with Crippen LogP contribution < -0.4 is 0 Å². The lowest BCUT2D eigenvalue weighted by atomic mass is 10.1. The fourth-order valence-electron chi connectivity index (χ4n) is 1.63. The molecule has 0 saturated carbocycles. The predicted molar refractivity (Wildman–Crippen MR) is 61.9 cm³/mol. The highest BCUT2D eigenvalue weighted by Crippen LogP contribution is 2.19. The molecule has 0 N–H and O–H groups in total. The number of ether oxygens (including phenoxy) is 1. The number of benzene rings is 1. The second-order valence-electron chi connectivity index (χ2n) is 3.71. The van der Waals surface area contributed by atoms with Gasteiger partial charge in [0.1, 0.15) is 6.10 Å². The van der Waals surface area contributed by atoms with E-state index >= 15 is 0 Å². The number of aromatic nitrogens is 1. The van der Waals surface area contributed by atoms with Crippen molar-refractivity contribution in [3.05, 3.63) is 42.2 Å². The third-order valence-corrected chi connectivity index (χ3v) is 2.41. The third-order valence-electron chi connectivity index (χ3n) is 2.41. The van der Waals surface area contributed by atoms with Crippen LogP contribution in [0.15, 0.2) is 36.5 Å². The summed E-state index contributed by atoms with van der Waals surface area (Å²) in [6.07, 6.45) is 1.49. The highest BCUT2D eigenvalue weighted by Gasteiger charge is 2.10. The Hall–Kier alpha value is -1.90. The zero-order chi connectivity index (χ0) is 11.5. The van der Waals surface area contributed by atoms with E-state index in [0.717, 1.165) is 16.5 Å². The first kappa shape index (κ1) is 10.6. The van der Waals surface area contributed by atoms with Crippen molar-refractivity contribution in [2.45, 2.75) is 20.0 Å². The monoisotopic (exact) mass is 215 g/mol. The van der Waals surface area contributed by atoms with Crippen molar-refractivity contribution >= 4 is 16.7 Å². The van der Waals surface area contributed by atoms with Crippen LogP contribution in [0.25, 0.3) is 10.8 Å². The molecule has 0 fully saturated rings.